The van der Waals surface area contributed by atoms with Crippen LogP contribution in [0, 0.1) is 5.82 Å². The van der Waals surface area contributed by atoms with Crippen molar-refractivity contribution in [3.63, 3.8) is 0 Å². The van der Waals surface area contributed by atoms with Crippen molar-refractivity contribution in [1.29, 1.82) is 0 Å². The van der Waals surface area contributed by atoms with Gasteiger partial charge in [0.15, 0.2) is 0 Å². The lowest BCUT2D eigenvalue weighted by Crippen LogP contribution is -2.46. The van der Waals surface area contributed by atoms with E-state index in [4.69, 9.17) is 4.74 Å². The fourth-order valence-electron chi connectivity index (χ4n) is 4.76. The second-order valence-corrected chi connectivity index (χ2v) is 8.28. The summed E-state index contributed by atoms with van der Waals surface area (Å²) >= 11 is 0. The minimum absolute atomic E-state index is 0.164. The SMILES string of the molecule is Fc1cc(-c2ccc(OC3CC4CC(F)(F)C(C3)N4)nn2)c2[nH]ncc2c1-c1cn[nH]c1. The van der Waals surface area contributed by atoms with E-state index in [2.05, 4.69) is 35.9 Å². The zero-order chi connectivity index (χ0) is 21.9. The Bertz CT molecular complexity index is 1270. The molecule has 6 rings (SSSR count). The number of fused-ring (bicyclic) bond motifs is 3. The number of rotatable bonds is 4. The molecule has 1 aromatic carbocycles. The Balaban J connectivity index is 1.27. The van der Waals surface area contributed by atoms with Gasteiger partial charge in [-0.05, 0) is 18.6 Å². The number of hydrogen-bond acceptors (Lipinski definition) is 6. The highest BCUT2D eigenvalue weighted by Crippen LogP contribution is 2.40. The summed E-state index contributed by atoms with van der Waals surface area (Å²) < 4.78 is 48.7. The Kier molecular flexibility index (Phi) is 4.22. The fourth-order valence-corrected chi connectivity index (χ4v) is 4.76. The summed E-state index contributed by atoms with van der Waals surface area (Å²) in [5, 5.41) is 25.4. The van der Waals surface area contributed by atoms with Gasteiger partial charge < -0.3 is 10.1 Å². The van der Waals surface area contributed by atoms with Crippen LogP contribution in [0.1, 0.15) is 19.3 Å². The third-order valence-electron chi connectivity index (χ3n) is 6.19. The molecule has 32 heavy (non-hydrogen) atoms. The quantitative estimate of drug-likeness (QED) is 0.448. The average molecular weight is 441 g/mol. The van der Waals surface area contributed by atoms with Gasteiger partial charge in [0.25, 0.3) is 5.92 Å². The van der Waals surface area contributed by atoms with Crippen LogP contribution in [-0.4, -0.2) is 54.7 Å². The number of halogens is 3. The molecule has 0 saturated carbocycles. The van der Waals surface area contributed by atoms with Gasteiger partial charge in [0.2, 0.25) is 5.88 Å². The Labute approximate surface area is 179 Å². The van der Waals surface area contributed by atoms with E-state index < -0.39 is 17.8 Å². The molecule has 0 radical (unpaired) electrons. The molecule has 2 aliphatic rings. The molecule has 2 aliphatic heterocycles. The van der Waals surface area contributed by atoms with E-state index in [9.17, 15) is 8.78 Å². The number of piperidine rings is 1. The molecule has 0 amide bonds. The van der Waals surface area contributed by atoms with Crippen LogP contribution in [0.4, 0.5) is 13.2 Å². The molecule has 11 heteroatoms. The van der Waals surface area contributed by atoms with Gasteiger partial charge in [-0.25, -0.2) is 13.2 Å². The summed E-state index contributed by atoms with van der Waals surface area (Å²) in [5.41, 5.74) is 2.54. The first-order valence-corrected chi connectivity index (χ1v) is 10.3. The normalized spacial score (nSPS) is 24.2. The number of nitrogens with one attached hydrogen (secondary N) is 3. The highest BCUT2D eigenvalue weighted by molar-refractivity contribution is 6.02. The zero-order valence-corrected chi connectivity index (χ0v) is 16.6. The predicted molar refractivity (Wildman–Crippen MR) is 109 cm³/mol. The number of nitrogens with zero attached hydrogens (tertiary/aromatic N) is 4. The van der Waals surface area contributed by atoms with E-state index >= 15 is 4.39 Å². The molecule has 164 valence electrons. The smallest absolute Gasteiger partial charge is 0.264 e. The first-order chi connectivity index (χ1) is 15.5. The van der Waals surface area contributed by atoms with Crippen LogP contribution in [0.15, 0.2) is 36.8 Å². The topological polar surface area (TPSA) is 104 Å². The van der Waals surface area contributed by atoms with Crippen molar-refractivity contribution in [3.8, 4) is 28.3 Å². The van der Waals surface area contributed by atoms with Crippen LogP contribution >= 0.6 is 0 Å². The number of H-pyrrole nitrogens is 2. The second-order valence-electron chi connectivity index (χ2n) is 8.28. The third-order valence-corrected chi connectivity index (χ3v) is 6.19. The maximum absolute atomic E-state index is 15.0. The number of ether oxygens (including phenoxy) is 1. The summed E-state index contributed by atoms with van der Waals surface area (Å²) in [7, 11) is 0. The Hall–Kier alpha value is -3.47. The minimum atomic E-state index is -2.71. The highest BCUT2D eigenvalue weighted by Gasteiger charge is 2.53. The van der Waals surface area contributed by atoms with E-state index in [1.807, 2.05) is 0 Å². The standard InChI is InChI=1S/C21H18F3N7O/c22-15-5-13(20-14(9-27-31-20)19(15)10-7-25-26-8-10)16-1-2-18(30-29-16)32-12-3-11-6-21(23,24)17(4-12)28-11/h1-2,5,7-9,11-12,17,28H,3-4,6H2,(H,25,26)(H,27,31). The van der Waals surface area contributed by atoms with Crippen molar-refractivity contribution < 1.29 is 17.9 Å². The lowest BCUT2D eigenvalue weighted by molar-refractivity contribution is -0.0195. The Morgan fingerprint density at radius 2 is 2.00 bits per heavy atom. The number of alkyl halides is 2. The molecule has 3 aromatic heterocycles. The van der Waals surface area contributed by atoms with E-state index in [-0.39, 0.29) is 30.9 Å². The van der Waals surface area contributed by atoms with Crippen molar-refractivity contribution >= 4 is 10.9 Å². The average Bonchev–Trinajstić information content (AvgIpc) is 3.49. The summed E-state index contributed by atoms with van der Waals surface area (Å²) in [6.45, 7) is 0. The van der Waals surface area contributed by atoms with Gasteiger partial charge in [0, 0.05) is 53.2 Å². The van der Waals surface area contributed by atoms with Crippen LogP contribution in [0.5, 0.6) is 5.88 Å². The maximum atomic E-state index is 15.0. The molecule has 2 saturated heterocycles. The zero-order valence-electron chi connectivity index (χ0n) is 16.6. The maximum Gasteiger partial charge on any atom is 0.264 e. The van der Waals surface area contributed by atoms with Gasteiger partial charge in [-0.3, -0.25) is 10.2 Å². The van der Waals surface area contributed by atoms with Gasteiger partial charge in [0.1, 0.15) is 11.9 Å². The molecule has 4 aromatic rings. The largest absolute Gasteiger partial charge is 0.473 e. The molecule has 2 fully saturated rings. The predicted octanol–water partition coefficient (Wildman–Crippen LogP) is 3.46. The highest BCUT2D eigenvalue weighted by atomic mass is 19.3. The lowest BCUT2D eigenvalue weighted by atomic mass is 9.99. The van der Waals surface area contributed by atoms with Crippen molar-refractivity contribution in [3.05, 3.63) is 42.6 Å². The molecule has 5 heterocycles. The van der Waals surface area contributed by atoms with Crippen molar-refractivity contribution in [2.24, 2.45) is 0 Å². The van der Waals surface area contributed by atoms with Gasteiger partial charge in [-0.1, -0.05) is 0 Å². The molecule has 3 N–H and O–H groups in total. The molecule has 3 unspecified atom stereocenters. The summed E-state index contributed by atoms with van der Waals surface area (Å²) in [6.07, 6.45) is 4.89. The van der Waals surface area contributed by atoms with E-state index in [0.29, 0.717) is 39.7 Å². The van der Waals surface area contributed by atoms with E-state index in [1.54, 1.807) is 30.7 Å². The van der Waals surface area contributed by atoms with Crippen LogP contribution < -0.4 is 10.1 Å². The fraction of sp³-hybridized carbons (Fsp3) is 0.333. The molecule has 8 nitrogen and oxygen atoms in total. The minimum Gasteiger partial charge on any atom is -0.473 e. The molecular weight excluding hydrogens is 423 g/mol. The first kappa shape index (κ1) is 19.2. The van der Waals surface area contributed by atoms with Crippen molar-refractivity contribution in [2.75, 3.05) is 0 Å². The summed E-state index contributed by atoms with van der Waals surface area (Å²) in [5.74, 6) is -2.90. The van der Waals surface area contributed by atoms with Gasteiger partial charge in [-0.2, -0.15) is 10.2 Å². The van der Waals surface area contributed by atoms with Crippen LogP contribution in [0.2, 0.25) is 0 Å². The van der Waals surface area contributed by atoms with Crippen LogP contribution in [0.25, 0.3) is 33.3 Å². The summed E-state index contributed by atoms with van der Waals surface area (Å²) in [6, 6.07) is 3.53. The van der Waals surface area contributed by atoms with E-state index in [1.165, 1.54) is 6.07 Å². The lowest BCUT2D eigenvalue weighted by Gasteiger charge is -2.29. The summed E-state index contributed by atoms with van der Waals surface area (Å²) in [4.78, 5) is 0. The van der Waals surface area contributed by atoms with Gasteiger partial charge in [0.05, 0.1) is 29.6 Å². The number of aromatic amines is 2. The van der Waals surface area contributed by atoms with E-state index in [0.717, 1.165) is 0 Å². The monoisotopic (exact) mass is 441 g/mol. The number of aromatic nitrogens is 6. The molecular formula is C21H18F3N7O. The van der Waals surface area contributed by atoms with Gasteiger partial charge >= 0.3 is 0 Å². The molecule has 3 atom stereocenters. The second kappa shape index (κ2) is 7.02. The van der Waals surface area contributed by atoms with Crippen molar-refractivity contribution in [2.45, 2.75) is 43.4 Å². The van der Waals surface area contributed by atoms with Crippen LogP contribution in [-0.2, 0) is 0 Å². The van der Waals surface area contributed by atoms with Gasteiger partial charge in [-0.15, -0.1) is 10.2 Å². The molecule has 0 aliphatic carbocycles. The van der Waals surface area contributed by atoms with Crippen LogP contribution in [0.3, 0.4) is 0 Å². The number of hydrogen-bond donors (Lipinski definition) is 3. The van der Waals surface area contributed by atoms with Crippen molar-refractivity contribution in [1.82, 2.24) is 35.9 Å². The Morgan fingerprint density at radius 3 is 2.75 bits per heavy atom. The third kappa shape index (κ3) is 3.11. The molecule has 0 spiro atoms. The first-order valence-electron chi connectivity index (χ1n) is 10.3. The molecule has 2 bridgehead atoms. The number of benzene rings is 1. The Morgan fingerprint density at radius 1 is 1.09 bits per heavy atom.